The number of benzene rings is 1. The van der Waals surface area contributed by atoms with Crippen LogP contribution in [0.15, 0.2) is 34.7 Å². The third kappa shape index (κ3) is 3.12. The van der Waals surface area contributed by atoms with Crippen LogP contribution in [0.5, 0.6) is 5.75 Å². The van der Waals surface area contributed by atoms with Crippen LogP contribution < -0.4 is 16.2 Å². The van der Waals surface area contributed by atoms with E-state index in [1.807, 2.05) is 6.07 Å². The largest absolute Gasteiger partial charge is 0.495 e. The van der Waals surface area contributed by atoms with Crippen LogP contribution in [0.25, 0.3) is 11.3 Å². The van der Waals surface area contributed by atoms with Gasteiger partial charge in [0.25, 0.3) is 0 Å². The van der Waals surface area contributed by atoms with Gasteiger partial charge in [-0.2, -0.15) is 0 Å². The van der Waals surface area contributed by atoms with E-state index < -0.39 is 11.9 Å². The second kappa shape index (κ2) is 5.98. The molecule has 0 bridgehead atoms. The van der Waals surface area contributed by atoms with E-state index >= 15 is 0 Å². The van der Waals surface area contributed by atoms with Crippen molar-refractivity contribution in [2.45, 2.75) is 12.5 Å². The van der Waals surface area contributed by atoms with E-state index in [1.54, 1.807) is 31.4 Å². The Bertz CT molecular complexity index is 625. The van der Waals surface area contributed by atoms with Crippen molar-refractivity contribution < 1.29 is 13.9 Å². The molecule has 1 aromatic carbocycles. The first kappa shape index (κ1) is 14.4. The molecule has 6 heteroatoms. The Kier molecular flexibility index (Phi) is 4.32. The minimum Gasteiger partial charge on any atom is -0.495 e. The molecular weight excluding hydrogens is 280 g/mol. The summed E-state index contributed by atoms with van der Waals surface area (Å²) in [5.74, 6) is 1.24. The van der Waals surface area contributed by atoms with Gasteiger partial charge in [0.05, 0.1) is 18.2 Å². The van der Waals surface area contributed by atoms with Crippen molar-refractivity contribution in [2.24, 2.45) is 11.5 Å². The predicted molar refractivity (Wildman–Crippen MR) is 76.4 cm³/mol. The minimum absolute atomic E-state index is 0.0380. The Hall–Kier alpha value is -1.98. The van der Waals surface area contributed by atoms with Gasteiger partial charge in [-0.25, -0.2) is 0 Å². The van der Waals surface area contributed by atoms with Crippen molar-refractivity contribution in [2.75, 3.05) is 7.11 Å². The van der Waals surface area contributed by atoms with Crippen LogP contribution in [-0.4, -0.2) is 13.0 Å². The Morgan fingerprint density at radius 3 is 2.75 bits per heavy atom. The fraction of sp³-hybridized carbons (Fsp3) is 0.214. The van der Waals surface area contributed by atoms with Gasteiger partial charge in [-0.1, -0.05) is 11.6 Å². The van der Waals surface area contributed by atoms with Gasteiger partial charge in [0, 0.05) is 12.0 Å². The number of primary amides is 1. The molecule has 0 fully saturated rings. The monoisotopic (exact) mass is 294 g/mol. The zero-order chi connectivity index (χ0) is 14.7. The van der Waals surface area contributed by atoms with Gasteiger partial charge >= 0.3 is 0 Å². The molecule has 1 amide bonds. The van der Waals surface area contributed by atoms with Crippen molar-refractivity contribution in [3.8, 4) is 17.1 Å². The van der Waals surface area contributed by atoms with Crippen LogP contribution >= 0.6 is 11.6 Å². The first-order valence-corrected chi connectivity index (χ1v) is 6.36. The fourth-order valence-electron chi connectivity index (χ4n) is 1.84. The first-order chi connectivity index (χ1) is 9.51. The summed E-state index contributed by atoms with van der Waals surface area (Å²) < 4.78 is 10.7. The lowest BCUT2D eigenvalue weighted by atomic mass is 10.1. The number of methoxy groups -OCH3 is 1. The van der Waals surface area contributed by atoms with Crippen LogP contribution in [0.2, 0.25) is 5.02 Å². The number of ether oxygens (including phenoxy) is 1. The van der Waals surface area contributed by atoms with Gasteiger partial charge in [-0.05, 0) is 30.3 Å². The molecule has 2 rings (SSSR count). The van der Waals surface area contributed by atoms with Crippen LogP contribution in [0.4, 0.5) is 0 Å². The van der Waals surface area contributed by atoms with Gasteiger partial charge in [0.1, 0.15) is 17.3 Å². The number of carbonyl (C=O) groups excluding carboxylic acids is 1. The third-order valence-corrected chi connectivity index (χ3v) is 3.15. The van der Waals surface area contributed by atoms with E-state index in [-0.39, 0.29) is 6.42 Å². The van der Waals surface area contributed by atoms with Crippen LogP contribution in [0.1, 0.15) is 18.2 Å². The van der Waals surface area contributed by atoms with Crippen LogP contribution in [0, 0.1) is 0 Å². The summed E-state index contributed by atoms with van der Waals surface area (Å²) in [6, 6.07) is 8.27. The molecule has 0 radical (unpaired) electrons. The molecule has 1 atom stereocenters. The van der Waals surface area contributed by atoms with E-state index in [4.69, 9.17) is 32.2 Å². The number of nitrogens with two attached hydrogens (primary N) is 2. The maximum Gasteiger partial charge on any atom is 0.219 e. The molecule has 0 saturated heterocycles. The molecule has 2 aromatic rings. The SMILES string of the molecule is COc1ccc(-c2ccc([C@H](N)CC(N)=O)o2)cc1Cl. The lowest BCUT2D eigenvalue weighted by Crippen LogP contribution is -2.20. The standard InChI is InChI=1S/C14H15ClN2O3/c1-19-12-3-2-8(6-9(12)15)11-4-5-13(20-11)10(16)7-14(17)18/h2-6,10H,7,16H2,1H3,(H2,17,18)/t10-/m1/s1. The summed E-state index contributed by atoms with van der Waals surface area (Å²) in [7, 11) is 1.55. The second-order valence-corrected chi connectivity index (χ2v) is 4.74. The van der Waals surface area contributed by atoms with Gasteiger partial charge in [-0.15, -0.1) is 0 Å². The van der Waals surface area contributed by atoms with Crippen LogP contribution in [-0.2, 0) is 4.79 Å². The highest BCUT2D eigenvalue weighted by Gasteiger charge is 2.15. The molecule has 0 aliphatic rings. The highest BCUT2D eigenvalue weighted by Crippen LogP contribution is 2.32. The summed E-state index contributed by atoms with van der Waals surface area (Å²) in [4.78, 5) is 10.8. The summed E-state index contributed by atoms with van der Waals surface area (Å²) in [6.45, 7) is 0. The highest BCUT2D eigenvalue weighted by atomic mass is 35.5. The molecule has 0 spiro atoms. The summed E-state index contributed by atoms with van der Waals surface area (Å²) in [5, 5.41) is 0.490. The first-order valence-electron chi connectivity index (χ1n) is 5.98. The molecule has 20 heavy (non-hydrogen) atoms. The number of hydrogen-bond acceptors (Lipinski definition) is 4. The maximum absolute atomic E-state index is 10.8. The molecule has 1 aromatic heterocycles. The Labute approximate surface area is 121 Å². The molecule has 1 heterocycles. The summed E-state index contributed by atoms with van der Waals surface area (Å²) in [6.07, 6.45) is 0.0380. The normalized spacial score (nSPS) is 12.2. The van der Waals surface area contributed by atoms with Crippen LogP contribution in [0.3, 0.4) is 0 Å². The zero-order valence-corrected chi connectivity index (χ0v) is 11.7. The molecular formula is C14H15ClN2O3. The number of rotatable bonds is 5. The quantitative estimate of drug-likeness (QED) is 0.886. The minimum atomic E-state index is -0.546. The van der Waals surface area contributed by atoms with Crippen molar-refractivity contribution in [1.82, 2.24) is 0 Å². The number of amides is 1. The van der Waals surface area contributed by atoms with Gasteiger partial charge in [-0.3, -0.25) is 4.79 Å². The number of furan rings is 1. The van der Waals surface area contributed by atoms with Crippen molar-refractivity contribution >= 4 is 17.5 Å². The third-order valence-electron chi connectivity index (χ3n) is 2.85. The van der Waals surface area contributed by atoms with Gasteiger partial charge in [0.15, 0.2) is 0 Å². The van der Waals surface area contributed by atoms with E-state index in [0.717, 1.165) is 5.56 Å². The lowest BCUT2D eigenvalue weighted by Gasteiger charge is -2.06. The lowest BCUT2D eigenvalue weighted by molar-refractivity contribution is -0.118. The fourth-order valence-corrected chi connectivity index (χ4v) is 2.10. The predicted octanol–water partition coefficient (Wildman–Crippen LogP) is 2.48. The Morgan fingerprint density at radius 2 is 2.15 bits per heavy atom. The summed E-state index contributed by atoms with van der Waals surface area (Å²) in [5.41, 5.74) is 11.7. The smallest absolute Gasteiger partial charge is 0.219 e. The van der Waals surface area contributed by atoms with Gasteiger partial charge < -0.3 is 20.6 Å². The maximum atomic E-state index is 10.8. The van der Waals surface area contributed by atoms with E-state index in [2.05, 4.69) is 0 Å². The van der Waals surface area contributed by atoms with Crippen molar-refractivity contribution in [3.05, 3.63) is 41.1 Å². The average molecular weight is 295 g/mol. The Morgan fingerprint density at radius 1 is 1.40 bits per heavy atom. The topological polar surface area (TPSA) is 91.5 Å². The molecule has 0 aliphatic heterocycles. The molecule has 106 valence electrons. The summed E-state index contributed by atoms with van der Waals surface area (Å²) >= 11 is 6.07. The number of halogens is 1. The van der Waals surface area contributed by atoms with Crippen molar-refractivity contribution in [3.63, 3.8) is 0 Å². The molecule has 0 unspecified atom stereocenters. The van der Waals surface area contributed by atoms with Crippen molar-refractivity contribution in [1.29, 1.82) is 0 Å². The number of hydrogen-bond donors (Lipinski definition) is 2. The average Bonchev–Trinajstić information content (AvgIpc) is 2.87. The molecule has 5 nitrogen and oxygen atoms in total. The van der Waals surface area contributed by atoms with E-state index in [0.29, 0.717) is 22.3 Å². The zero-order valence-electron chi connectivity index (χ0n) is 10.9. The molecule has 0 saturated carbocycles. The second-order valence-electron chi connectivity index (χ2n) is 4.33. The van der Waals surface area contributed by atoms with Gasteiger partial charge in [0.2, 0.25) is 5.91 Å². The highest BCUT2D eigenvalue weighted by molar-refractivity contribution is 6.32. The number of carbonyl (C=O) groups is 1. The Balaban J connectivity index is 2.24. The van der Waals surface area contributed by atoms with E-state index in [9.17, 15) is 4.79 Å². The molecule has 0 aliphatic carbocycles. The van der Waals surface area contributed by atoms with E-state index in [1.165, 1.54) is 0 Å². The molecule has 4 N–H and O–H groups in total.